The van der Waals surface area contributed by atoms with Gasteiger partial charge in [0.15, 0.2) is 0 Å². The van der Waals surface area contributed by atoms with Gasteiger partial charge in [0, 0.05) is 13.2 Å². The van der Waals surface area contributed by atoms with E-state index in [1.165, 1.54) is 5.56 Å². The molecule has 2 heteroatoms. The molecule has 2 aromatic rings. The van der Waals surface area contributed by atoms with Gasteiger partial charge in [0.1, 0.15) is 0 Å². The maximum atomic E-state index is 4.14. The fraction of sp³-hybridized carbons (Fsp3) is 0.214. The average Bonchev–Trinajstić information content (AvgIpc) is 2.39. The number of benzene rings is 1. The van der Waals surface area contributed by atoms with Crippen LogP contribution >= 0.6 is 0 Å². The van der Waals surface area contributed by atoms with Gasteiger partial charge in [0.05, 0.1) is 17.9 Å². The third-order valence-corrected chi connectivity index (χ3v) is 2.92. The van der Waals surface area contributed by atoms with Crippen LogP contribution in [0.15, 0.2) is 54.9 Å². The molecule has 1 aromatic heterocycles. The highest BCUT2D eigenvalue weighted by Gasteiger charge is 2.11. The summed E-state index contributed by atoms with van der Waals surface area (Å²) in [7, 11) is 2.09. The van der Waals surface area contributed by atoms with Crippen molar-refractivity contribution in [3.8, 4) is 0 Å². The van der Waals surface area contributed by atoms with Crippen LogP contribution in [0.3, 0.4) is 0 Å². The lowest BCUT2D eigenvalue weighted by molar-refractivity contribution is 0.738. The number of hydrogen-bond acceptors (Lipinski definition) is 2. The molecule has 0 aliphatic rings. The van der Waals surface area contributed by atoms with Crippen LogP contribution in [0.2, 0.25) is 0 Å². The molecule has 0 amide bonds. The lowest BCUT2D eigenvalue weighted by atomic mass is 10.1. The Bertz CT molecular complexity index is 382. The zero-order valence-corrected chi connectivity index (χ0v) is 9.67. The monoisotopic (exact) mass is 212 g/mol. The summed E-state index contributed by atoms with van der Waals surface area (Å²) >= 11 is 0. The van der Waals surface area contributed by atoms with E-state index in [2.05, 4.69) is 54.2 Å². The molecule has 0 radical (unpaired) electrons. The van der Waals surface area contributed by atoms with Crippen LogP contribution in [-0.2, 0) is 0 Å². The van der Waals surface area contributed by atoms with E-state index >= 15 is 0 Å². The van der Waals surface area contributed by atoms with Gasteiger partial charge in [-0.25, -0.2) is 0 Å². The highest BCUT2D eigenvalue weighted by molar-refractivity contribution is 5.45. The van der Waals surface area contributed by atoms with Crippen LogP contribution < -0.4 is 4.90 Å². The number of aromatic nitrogens is 1. The van der Waals surface area contributed by atoms with Crippen molar-refractivity contribution in [3.63, 3.8) is 0 Å². The standard InChI is InChI=1S/C14H16N2/c1-12(13-7-4-3-5-8-13)16(2)14-9-6-10-15-11-14/h3-12H,1-2H3/t12-/m1/s1. The van der Waals surface area contributed by atoms with Gasteiger partial charge in [0.25, 0.3) is 0 Å². The Morgan fingerprint density at radius 1 is 1.06 bits per heavy atom. The highest BCUT2D eigenvalue weighted by atomic mass is 15.1. The Morgan fingerprint density at radius 3 is 2.44 bits per heavy atom. The van der Waals surface area contributed by atoms with Crippen molar-refractivity contribution in [2.45, 2.75) is 13.0 Å². The summed E-state index contributed by atoms with van der Waals surface area (Å²) in [5.74, 6) is 0. The van der Waals surface area contributed by atoms with Gasteiger partial charge < -0.3 is 4.90 Å². The van der Waals surface area contributed by atoms with Crippen LogP contribution in [0, 0.1) is 0 Å². The van der Waals surface area contributed by atoms with E-state index in [0.29, 0.717) is 6.04 Å². The molecule has 1 heterocycles. The van der Waals surface area contributed by atoms with Crippen molar-refractivity contribution >= 4 is 5.69 Å². The number of anilines is 1. The molecule has 1 aromatic carbocycles. The molecule has 2 nitrogen and oxygen atoms in total. The number of pyridine rings is 1. The Morgan fingerprint density at radius 2 is 1.81 bits per heavy atom. The van der Waals surface area contributed by atoms with Gasteiger partial charge in [-0.05, 0) is 24.6 Å². The fourth-order valence-electron chi connectivity index (χ4n) is 1.74. The summed E-state index contributed by atoms with van der Waals surface area (Å²) in [4.78, 5) is 6.36. The van der Waals surface area contributed by atoms with E-state index in [0.717, 1.165) is 5.69 Å². The van der Waals surface area contributed by atoms with Crippen molar-refractivity contribution in [2.24, 2.45) is 0 Å². The first kappa shape index (κ1) is 10.7. The Labute approximate surface area is 96.6 Å². The molecule has 2 rings (SSSR count). The van der Waals surface area contributed by atoms with Gasteiger partial charge in [-0.15, -0.1) is 0 Å². The first-order chi connectivity index (χ1) is 7.79. The number of hydrogen-bond donors (Lipinski definition) is 0. The van der Waals surface area contributed by atoms with Crippen LogP contribution in [-0.4, -0.2) is 12.0 Å². The van der Waals surface area contributed by atoms with Gasteiger partial charge >= 0.3 is 0 Å². The first-order valence-electron chi connectivity index (χ1n) is 5.47. The van der Waals surface area contributed by atoms with Gasteiger partial charge in [-0.1, -0.05) is 30.3 Å². The average molecular weight is 212 g/mol. The maximum absolute atomic E-state index is 4.14. The van der Waals surface area contributed by atoms with Crippen LogP contribution in [0.25, 0.3) is 0 Å². The zero-order valence-electron chi connectivity index (χ0n) is 9.67. The van der Waals surface area contributed by atoms with Gasteiger partial charge in [0.2, 0.25) is 0 Å². The summed E-state index contributed by atoms with van der Waals surface area (Å²) < 4.78 is 0. The van der Waals surface area contributed by atoms with E-state index < -0.39 is 0 Å². The third-order valence-electron chi connectivity index (χ3n) is 2.92. The molecule has 0 unspecified atom stereocenters. The minimum atomic E-state index is 0.352. The molecular formula is C14H16N2. The molecule has 1 atom stereocenters. The third kappa shape index (κ3) is 2.22. The molecule has 0 saturated heterocycles. The molecular weight excluding hydrogens is 196 g/mol. The molecule has 16 heavy (non-hydrogen) atoms. The van der Waals surface area contributed by atoms with E-state index in [1.54, 1.807) is 6.20 Å². The smallest absolute Gasteiger partial charge is 0.0555 e. The zero-order chi connectivity index (χ0) is 11.4. The minimum absolute atomic E-state index is 0.352. The first-order valence-corrected chi connectivity index (χ1v) is 5.47. The summed E-state index contributed by atoms with van der Waals surface area (Å²) in [6.45, 7) is 2.20. The second-order valence-electron chi connectivity index (χ2n) is 3.91. The van der Waals surface area contributed by atoms with Crippen LogP contribution in [0.1, 0.15) is 18.5 Å². The summed E-state index contributed by atoms with van der Waals surface area (Å²) in [5, 5.41) is 0. The topological polar surface area (TPSA) is 16.1 Å². The molecule has 0 bridgehead atoms. The van der Waals surface area contributed by atoms with Crippen molar-refractivity contribution in [3.05, 3.63) is 60.4 Å². The summed E-state index contributed by atoms with van der Waals surface area (Å²) in [5.41, 5.74) is 2.45. The van der Waals surface area contributed by atoms with Crippen molar-refractivity contribution in [2.75, 3.05) is 11.9 Å². The minimum Gasteiger partial charge on any atom is -0.367 e. The number of nitrogens with zero attached hydrogens (tertiary/aromatic N) is 2. The normalized spacial score (nSPS) is 12.1. The van der Waals surface area contributed by atoms with Crippen LogP contribution in [0.4, 0.5) is 5.69 Å². The molecule has 0 aliphatic carbocycles. The summed E-state index contributed by atoms with van der Waals surface area (Å²) in [6.07, 6.45) is 3.68. The van der Waals surface area contributed by atoms with Gasteiger partial charge in [-0.2, -0.15) is 0 Å². The molecule has 82 valence electrons. The van der Waals surface area contributed by atoms with E-state index in [1.807, 2.05) is 18.3 Å². The number of rotatable bonds is 3. The maximum Gasteiger partial charge on any atom is 0.0555 e. The largest absolute Gasteiger partial charge is 0.367 e. The lowest BCUT2D eigenvalue weighted by Gasteiger charge is -2.27. The summed E-state index contributed by atoms with van der Waals surface area (Å²) in [6, 6.07) is 14.9. The van der Waals surface area contributed by atoms with Crippen LogP contribution in [0.5, 0.6) is 0 Å². The Balaban J connectivity index is 2.20. The predicted molar refractivity (Wildman–Crippen MR) is 67.5 cm³/mol. The van der Waals surface area contributed by atoms with E-state index in [9.17, 15) is 0 Å². The molecule has 0 saturated carbocycles. The van der Waals surface area contributed by atoms with Gasteiger partial charge in [-0.3, -0.25) is 4.98 Å². The molecule has 0 aliphatic heterocycles. The predicted octanol–water partition coefficient (Wildman–Crippen LogP) is 3.28. The van der Waals surface area contributed by atoms with Crippen molar-refractivity contribution in [1.82, 2.24) is 4.98 Å². The van der Waals surface area contributed by atoms with Crippen molar-refractivity contribution in [1.29, 1.82) is 0 Å². The SMILES string of the molecule is C[C@H](c1ccccc1)N(C)c1cccnc1. The Hall–Kier alpha value is -1.83. The second-order valence-corrected chi connectivity index (χ2v) is 3.91. The van der Waals surface area contributed by atoms with Crippen molar-refractivity contribution < 1.29 is 0 Å². The Kier molecular flexibility index (Phi) is 3.20. The lowest BCUT2D eigenvalue weighted by Crippen LogP contribution is -2.21. The molecule has 0 N–H and O–H groups in total. The molecule has 0 spiro atoms. The highest BCUT2D eigenvalue weighted by Crippen LogP contribution is 2.23. The van der Waals surface area contributed by atoms with E-state index in [-0.39, 0.29) is 0 Å². The quantitative estimate of drug-likeness (QED) is 0.776. The van der Waals surface area contributed by atoms with E-state index in [4.69, 9.17) is 0 Å². The second kappa shape index (κ2) is 4.79. The fourth-order valence-corrected chi connectivity index (χ4v) is 1.74. The molecule has 0 fully saturated rings.